The lowest BCUT2D eigenvalue weighted by Crippen LogP contribution is -2.18. The van der Waals surface area contributed by atoms with Gasteiger partial charge in [-0.15, -0.1) is 0 Å². The topological polar surface area (TPSA) is 29.1 Å². The van der Waals surface area contributed by atoms with Crippen molar-refractivity contribution in [2.45, 2.75) is 25.5 Å². The van der Waals surface area contributed by atoms with Crippen LogP contribution >= 0.6 is 11.8 Å². The summed E-state index contributed by atoms with van der Waals surface area (Å²) in [4.78, 5) is 10.7. The molecule has 0 saturated heterocycles. The summed E-state index contributed by atoms with van der Waals surface area (Å²) in [5.74, 6) is 1.06. The van der Waals surface area contributed by atoms with Crippen LogP contribution in [0.1, 0.15) is 21.7 Å². The summed E-state index contributed by atoms with van der Waals surface area (Å²) >= 11 is 1.81. The molecule has 0 aromatic rings. The van der Waals surface area contributed by atoms with E-state index in [1.807, 2.05) is 11.8 Å². The van der Waals surface area contributed by atoms with Gasteiger partial charge in [0.1, 0.15) is 0 Å². The number of hydrogen-bond acceptors (Lipinski definition) is 2. The molecule has 0 aliphatic rings. The lowest BCUT2D eigenvalue weighted by atomic mass is 10.5. The Bertz CT molecular complexity index is 109. The second kappa shape index (κ2) is 5.59. The minimum Gasteiger partial charge on any atom is -0.359 e. The minimum atomic E-state index is 0. The molecule has 3 heteroatoms. The number of nitrogens with one attached hydrogen (secondary N) is 1. The molecule has 0 aromatic heterocycles. The number of hydrogen-bond donors (Lipinski definition) is 1. The predicted octanol–water partition coefficient (Wildman–Crippen LogP) is 1.51. The summed E-state index contributed by atoms with van der Waals surface area (Å²) in [6.07, 6.45) is 0.638. The molecular weight excluding hydrogens is 146 g/mol. The van der Waals surface area contributed by atoms with E-state index in [0.29, 0.717) is 11.7 Å². The van der Waals surface area contributed by atoms with Gasteiger partial charge in [-0.25, -0.2) is 0 Å². The number of carbonyl (C=O) groups excluding carboxylic acids is 1. The van der Waals surface area contributed by atoms with Crippen LogP contribution in [0.15, 0.2) is 0 Å². The molecule has 62 valence electrons. The first-order chi connectivity index (χ1) is 4.66. The lowest BCUT2D eigenvalue weighted by Gasteiger charge is -2.02. The maximum atomic E-state index is 10.7. The van der Waals surface area contributed by atoms with Gasteiger partial charge in [0.25, 0.3) is 0 Å². The molecule has 0 bridgehead atoms. The van der Waals surface area contributed by atoms with Crippen molar-refractivity contribution in [1.82, 2.24) is 5.32 Å². The molecular formula is C7H17NOS. The minimum absolute atomic E-state index is 0. The molecule has 0 aliphatic heterocycles. The normalized spacial score (nSPS) is 10.0. The molecule has 2 nitrogen and oxygen atoms in total. The van der Waals surface area contributed by atoms with Gasteiger partial charge in [0.2, 0.25) is 5.91 Å². The largest absolute Gasteiger partial charge is 0.359 e. The Kier molecular flexibility index (Phi) is 5.49. The summed E-state index contributed by atoms with van der Waals surface area (Å²) in [5, 5.41) is 3.22. The molecule has 0 fully saturated rings. The van der Waals surface area contributed by atoms with Crippen molar-refractivity contribution < 1.29 is 6.22 Å². The van der Waals surface area contributed by atoms with E-state index in [-0.39, 0.29) is 7.33 Å². The molecule has 1 amide bonds. The van der Waals surface area contributed by atoms with Crippen molar-refractivity contribution >= 4 is 17.7 Å². The van der Waals surface area contributed by atoms with Crippen molar-refractivity contribution in [3.8, 4) is 0 Å². The number of carbonyl (C=O) groups is 1. The first-order valence-corrected chi connectivity index (χ1v) is 4.54. The summed E-state index contributed by atoms with van der Waals surface area (Å²) in [5.41, 5.74) is 0. The Morgan fingerprint density at radius 3 is 2.70 bits per heavy atom. The smallest absolute Gasteiger partial charge is 0.220 e. The van der Waals surface area contributed by atoms with Gasteiger partial charge in [-0.2, -0.15) is 11.8 Å². The van der Waals surface area contributed by atoms with Gasteiger partial charge in [0.15, 0.2) is 0 Å². The van der Waals surface area contributed by atoms with E-state index >= 15 is 0 Å². The quantitative estimate of drug-likeness (QED) is 0.680. The van der Waals surface area contributed by atoms with Gasteiger partial charge in [0.05, 0.1) is 0 Å². The average molecular weight is 163 g/mol. The van der Waals surface area contributed by atoms with Gasteiger partial charge in [-0.1, -0.05) is 13.8 Å². The first kappa shape index (κ1) is 9.82. The highest BCUT2D eigenvalue weighted by Gasteiger charge is 1.98. The molecule has 0 radical (unpaired) electrons. The van der Waals surface area contributed by atoms with Gasteiger partial charge in [0, 0.05) is 20.6 Å². The SMILES string of the molecule is CNC(=O)CCSC(C)C.[HH]. The number of amides is 1. The third-order valence-corrected chi connectivity index (χ3v) is 2.17. The molecule has 0 saturated carbocycles. The van der Waals surface area contributed by atoms with E-state index in [0.717, 1.165) is 5.75 Å². The zero-order valence-electron chi connectivity index (χ0n) is 6.81. The second-order valence-electron chi connectivity index (χ2n) is 2.34. The van der Waals surface area contributed by atoms with E-state index in [4.69, 9.17) is 0 Å². The summed E-state index contributed by atoms with van der Waals surface area (Å²) in [6, 6.07) is 0. The average Bonchev–Trinajstić information content (AvgIpc) is 1.87. The molecule has 10 heavy (non-hydrogen) atoms. The highest BCUT2D eigenvalue weighted by Crippen LogP contribution is 2.09. The lowest BCUT2D eigenvalue weighted by molar-refractivity contribution is -0.120. The van der Waals surface area contributed by atoms with Crippen molar-refractivity contribution in [2.24, 2.45) is 0 Å². The number of rotatable bonds is 4. The Hall–Kier alpha value is -0.180. The monoisotopic (exact) mass is 163 g/mol. The maximum absolute atomic E-state index is 10.7. The van der Waals surface area contributed by atoms with Gasteiger partial charge >= 0.3 is 0 Å². The Morgan fingerprint density at radius 1 is 1.70 bits per heavy atom. The van der Waals surface area contributed by atoms with E-state index in [1.165, 1.54) is 0 Å². The van der Waals surface area contributed by atoms with Crippen LogP contribution in [-0.4, -0.2) is 24.0 Å². The predicted molar refractivity (Wildman–Crippen MR) is 48.4 cm³/mol. The Labute approximate surface area is 68.2 Å². The van der Waals surface area contributed by atoms with E-state index < -0.39 is 0 Å². The second-order valence-corrected chi connectivity index (χ2v) is 4.03. The van der Waals surface area contributed by atoms with Crippen LogP contribution in [0.5, 0.6) is 0 Å². The molecule has 0 rings (SSSR count). The van der Waals surface area contributed by atoms with Crippen LogP contribution in [0.2, 0.25) is 0 Å². The third-order valence-electron chi connectivity index (χ3n) is 1.06. The standard InChI is InChI=1S/C7H15NOS.H2/c1-6(2)10-5-4-7(9)8-3;/h6H,4-5H2,1-3H3,(H,8,9);1H. The van der Waals surface area contributed by atoms with E-state index in [9.17, 15) is 4.79 Å². The summed E-state index contributed by atoms with van der Waals surface area (Å²) in [7, 11) is 1.67. The fourth-order valence-corrected chi connectivity index (χ4v) is 1.29. The Balaban J connectivity index is 0. The van der Waals surface area contributed by atoms with Crippen molar-refractivity contribution in [2.75, 3.05) is 12.8 Å². The van der Waals surface area contributed by atoms with Crippen LogP contribution in [-0.2, 0) is 4.79 Å². The molecule has 1 N–H and O–H groups in total. The molecule has 0 aromatic carbocycles. The molecule has 0 unspecified atom stereocenters. The molecule has 0 heterocycles. The van der Waals surface area contributed by atoms with E-state index in [1.54, 1.807) is 7.05 Å². The van der Waals surface area contributed by atoms with Crippen LogP contribution in [0.4, 0.5) is 0 Å². The molecule has 0 atom stereocenters. The van der Waals surface area contributed by atoms with Gasteiger partial charge in [-0.3, -0.25) is 4.79 Å². The first-order valence-electron chi connectivity index (χ1n) is 3.49. The summed E-state index contributed by atoms with van der Waals surface area (Å²) in [6.45, 7) is 4.27. The van der Waals surface area contributed by atoms with Gasteiger partial charge < -0.3 is 5.32 Å². The van der Waals surface area contributed by atoms with Crippen LogP contribution in [0.25, 0.3) is 0 Å². The Morgan fingerprint density at radius 2 is 2.30 bits per heavy atom. The molecule has 0 spiro atoms. The van der Waals surface area contributed by atoms with Crippen LogP contribution in [0.3, 0.4) is 0 Å². The number of thioether (sulfide) groups is 1. The van der Waals surface area contributed by atoms with Gasteiger partial charge in [-0.05, 0) is 5.25 Å². The highest BCUT2D eigenvalue weighted by molar-refractivity contribution is 7.99. The fourth-order valence-electron chi connectivity index (χ4n) is 0.512. The van der Waals surface area contributed by atoms with Crippen LogP contribution in [0, 0.1) is 0 Å². The maximum Gasteiger partial charge on any atom is 0.220 e. The van der Waals surface area contributed by atoms with Crippen molar-refractivity contribution in [3.63, 3.8) is 0 Å². The molecule has 0 aliphatic carbocycles. The summed E-state index contributed by atoms with van der Waals surface area (Å²) < 4.78 is 0. The zero-order chi connectivity index (χ0) is 7.98. The third kappa shape index (κ3) is 5.95. The van der Waals surface area contributed by atoms with Crippen molar-refractivity contribution in [3.05, 3.63) is 0 Å². The fraction of sp³-hybridized carbons (Fsp3) is 0.857. The zero-order valence-corrected chi connectivity index (χ0v) is 7.62. The van der Waals surface area contributed by atoms with Crippen LogP contribution < -0.4 is 5.32 Å². The van der Waals surface area contributed by atoms with E-state index in [2.05, 4.69) is 19.2 Å². The van der Waals surface area contributed by atoms with Crippen molar-refractivity contribution in [1.29, 1.82) is 0 Å². The highest BCUT2D eigenvalue weighted by atomic mass is 32.2.